The van der Waals surface area contributed by atoms with Crippen molar-refractivity contribution < 1.29 is 8.42 Å². The first kappa shape index (κ1) is 16.6. The summed E-state index contributed by atoms with van der Waals surface area (Å²) in [5.41, 5.74) is 1.63. The maximum Gasteiger partial charge on any atom is 0.176 e. The van der Waals surface area contributed by atoms with Gasteiger partial charge in [-0.05, 0) is 37.3 Å². The molecule has 0 bridgehead atoms. The second kappa shape index (κ2) is 6.70. The zero-order chi connectivity index (χ0) is 17.2. The Bertz CT molecular complexity index is 974. The Morgan fingerprint density at radius 3 is 2.54 bits per heavy atom. The van der Waals surface area contributed by atoms with Crippen molar-refractivity contribution in [3.05, 3.63) is 60.6 Å². The van der Waals surface area contributed by atoms with Crippen LogP contribution in [0.25, 0.3) is 11.4 Å². The Kier molecular flexibility index (Phi) is 4.64. The molecule has 3 aromatic rings. The lowest BCUT2D eigenvalue weighted by Crippen LogP contribution is -1.99. The highest BCUT2D eigenvalue weighted by Gasteiger charge is 2.15. The van der Waals surface area contributed by atoms with Crippen LogP contribution < -0.4 is 0 Å². The lowest BCUT2D eigenvalue weighted by atomic mass is 10.2. The van der Waals surface area contributed by atoms with Gasteiger partial charge >= 0.3 is 0 Å². The minimum Gasteiger partial charge on any atom is -0.264 e. The van der Waals surface area contributed by atoms with Crippen molar-refractivity contribution >= 4 is 21.6 Å². The molecule has 0 amide bonds. The normalized spacial score (nSPS) is 11.4. The number of pyridine rings is 1. The van der Waals surface area contributed by atoms with E-state index in [9.17, 15) is 8.42 Å². The largest absolute Gasteiger partial charge is 0.264 e. The van der Waals surface area contributed by atoms with Gasteiger partial charge in [0.1, 0.15) is 5.03 Å². The molecule has 24 heavy (non-hydrogen) atoms. The quantitative estimate of drug-likeness (QED) is 0.666. The second-order valence-corrected chi connectivity index (χ2v) is 8.28. The molecular weight excluding hydrogens is 342 g/mol. The predicted octanol–water partition coefficient (Wildman–Crippen LogP) is 3.40. The fourth-order valence-electron chi connectivity index (χ4n) is 2.17. The summed E-state index contributed by atoms with van der Waals surface area (Å²) in [6.45, 7) is 1.88. The third-order valence-corrected chi connectivity index (χ3v) is 5.49. The molecular formula is C17H15N3O2S2. The van der Waals surface area contributed by atoms with Crippen molar-refractivity contribution in [1.82, 2.24) is 15.0 Å². The number of sulfone groups is 1. The molecule has 0 unspecified atom stereocenters. The van der Waals surface area contributed by atoms with E-state index in [0.717, 1.165) is 11.3 Å². The van der Waals surface area contributed by atoms with Gasteiger partial charge in [-0.15, -0.1) is 0 Å². The molecule has 0 spiro atoms. The third kappa shape index (κ3) is 3.80. The highest BCUT2D eigenvalue weighted by molar-refractivity contribution is 8.00. The first-order valence-corrected chi connectivity index (χ1v) is 9.87. The summed E-state index contributed by atoms with van der Waals surface area (Å²) >= 11 is 1.31. The van der Waals surface area contributed by atoms with Crippen LogP contribution in [0.4, 0.5) is 0 Å². The van der Waals surface area contributed by atoms with E-state index < -0.39 is 9.84 Å². The van der Waals surface area contributed by atoms with Crippen LogP contribution in [0.1, 0.15) is 5.69 Å². The van der Waals surface area contributed by atoms with E-state index in [0.29, 0.717) is 20.6 Å². The van der Waals surface area contributed by atoms with Gasteiger partial charge in [0.05, 0.1) is 4.90 Å². The van der Waals surface area contributed by atoms with Gasteiger partial charge < -0.3 is 0 Å². The molecule has 5 nitrogen and oxygen atoms in total. The van der Waals surface area contributed by atoms with Crippen LogP contribution in [0.5, 0.6) is 0 Å². The summed E-state index contributed by atoms with van der Waals surface area (Å²) in [5.74, 6) is 0.572. The summed E-state index contributed by atoms with van der Waals surface area (Å²) in [5, 5.41) is 0.692. The molecule has 7 heteroatoms. The third-order valence-electron chi connectivity index (χ3n) is 3.21. The van der Waals surface area contributed by atoms with Crippen LogP contribution in [-0.4, -0.2) is 29.6 Å². The van der Waals surface area contributed by atoms with Crippen LogP contribution in [0.2, 0.25) is 0 Å². The van der Waals surface area contributed by atoms with Crippen LogP contribution >= 0.6 is 11.8 Å². The first-order valence-electron chi connectivity index (χ1n) is 7.16. The van der Waals surface area contributed by atoms with E-state index in [1.807, 2.05) is 31.2 Å². The lowest BCUT2D eigenvalue weighted by molar-refractivity contribution is 0.600. The van der Waals surface area contributed by atoms with Crippen LogP contribution in [-0.2, 0) is 9.84 Å². The average molecular weight is 357 g/mol. The molecule has 3 rings (SSSR count). The lowest BCUT2D eigenvalue weighted by Gasteiger charge is -2.09. The molecule has 0 fully saturated rings. The number of rotatable bonds is 4. The Balaban J connectivity index is 2.02. The molecule has 2 heterocycles. The van der Waals surface area contributed by atoms with Crippen LogP contribution in [0, 0.1) is 6.92 Å². The molecule has 0 saturated carbocycles. The molecule has 0 saturated heterocycles. The number of aromatic nitrogens is 3. The van der Waals surface area contributed by atoms with Crippen molar-refractivity contribution in [3.8, 4) is 11.4 Å². The van der Waals surface area contributed by atoms with Crippen LogP contribution in [0.3, 0.4) is 0 Å². The molecule has 0 atom stereocenters. The van der Waals surface area contributed by atoms with Gasteiger partial charge in [-0.2, -0.15) is 0 Å². The molecule has 2 aromatic heterocycles. The van der Waals surface area contributed by atoms with Crippen molar-refractivity contribution in [1.29, 1.82) is 0 Å². The van der Waals surface area contributed by atoms with E-state index in [-0.39, 0.29) is 0 Å². The summed E-state index contributed by atoms with van der Waals surface area (Å²) < 4.78 is 23.9. The van der Waals surface area contributed by atoms with E-state index in [4.69, 9.17) is 0 Å². The van der Waals surface area contributed by atoms with Crippen LogP contribution in [0.15, 0.2) is 69.7 Å². The van der Waals surface area contributed by atoms with Crippen molar-refractivity contribution in [2.24, 2.45) is 0 Å². The number of aryl methyl sites for hydroxylation is 1. The van der Waals surface area contributed by atoms with Gasteiger partial charge in [0, 0.05) is 34.8 Å². The maximum atomic E-state index is 11.9. The van der Waals surface area contributed by atoms with E-state index >= 15 is 0 Å². The SMILES string of the molecule is Cc1cc(Sc2ccccc2S(C)(=O)=O)nc(-c2cccnc2)n1. The monoisotopic (exact) mass is 357 g/mol. The van der Waals surface area contributed by atoms with Crippen molar-refractivity contribution in [2.75, 3.05) is 6.26 Å². The zero-order valence-corrected chi connectivity index (χ0v) is 14.8. The summed E-state index contributed by atoms with van der Waals surface area (Å²) in [6, 6.07) is 12.5. The Hall–Kier alpha value is -2.25. The molecule has 0 aliphatic rings. The fraction of sp³-hybridized carbons (Fsp3) is 0.118. The summed E-state index contributed by atoms with van der Waals surface area (Å²) in [6.07, 6.45) is 4.60. The number of hydrogen-bond acceptors (Lipinski definition) is 6. The van der Waals surface area contributed by atoms with Gasteiger partial charge in [-0.3, -0.25) is 4.98 Å². The molecule has 1 aromatic carbocycles. The minimum absolute atomic E-state index is 0.300. The average Bonchev–Trinajstić information content (AvgIpc) is 2.55. The molecule has 0 radical (unpaired) electrons. The molecule has 0 aliphatic heterocycles. The first-order chi connectivity index (χ1) is 11.4. The number of hydrogen-bond donors (Lipinski definition) is 0. The van der Waals surface area contributed by atoms with Gasteiger partial charge in [-0.25, -0.2) is 18.4 Å². The van der Waals surface area contributed by atoms with Crippen molar-refractivity contribution in [2.45, 2.75) is 21.7 Å². The predicted molar refractivity (Wildman–Crippen MR) is 93.7 cm³/mol. The van der Waals surface area contributed by atoms with Gasteiger partial charge in [0.15, 0.2) is 15.7 Å². The zero-order valence-electron chi connectivity index (χ0n) is 13.2. The Morgan fingerprint density at radius 2 is 1.83 bits per heavy atom. The molecule has 0 aliphatic carbocycles. The summed E-state index contributed by atoms with van der Waals surface area (Å²) in [7, 11) is -3.30. The van der Waals surface area contributed by atoms with Gasteiger partial charge in [0.2, 0.25) is 0 Å². The van der Waals surface area contributed by atoms with Crippen molar-refractivity contribution in [3.63, 3.8) is 0 Å². The van der Waals surface area contributed by atoms with Gasteiger partial charge in [0.25, 0.3) is 0 Å². The smallest absolute Gasteiger partial charge is 0.176 e. The maximum absolute atomic E-state index is 11.9. The Morgan fingerprint density at radius 1 is 1.04 bits per heavy atom. The highest BCUT2D eigenvalue weighted by Crippen LogP contribution is 2.32. The van der Waals surface area contributed by atoms with Gasteiger partial charge in [-0.1, -0.05) is 23.9 Å². The minimum atomic E-state index is -3.30. The Labute approximate surface area is 145 Å². The standard InChI is InChI=1S/C17H15N3O2S2/c1-12-10-16(20-17(19-12)13-6-5-9-18-11-13)23-14-7-3-4-8-15(14)24(2,21)22/h3-11H,1-2H3. The van der Waals surface area contributed by atoms with E-state index in [1.165, 1.54) is 18.0 Å². The topological polar surface area (TPSA) is 72.8 Å². The fourth-order valence-corrected chi connectivity index (χ4v) is 4.41. The van der Waals surface area contributed by atoms with E-state index in [1.54, 1.807) is 30.6 Å². The second-order valence-electron chi connectivity index (χ2n) is 5.23. The number of benzene rings is 1. The number of nitrogens with zero attached hydrogens (tertiary/aromatic N) is 3. The molecule has 122 valence electrons. The highest BCUT2D eigenvalue weighted by atomic mass is 32.2. The molecule has 0 N–H and O–H groups in total. The van der Waals surface area contributed by atoms with E-state index in [2.05, 4.69) is 15.0 Å². The summed E-state index contributed by atoms with van der Waals surface area (Å²) in [4.78, 5) is 14.0.